The second-order valence-corrected chi connectivity index (χ2v) is 4.59. The van der Waals surface area contributed by atoms with E-state index in [0.717, 1.165) is 5.56 Å². The van der Waals surface area contributed by atoms with Gasteiger partial charge in [0.25, 0.3) is 0 Å². The molecule has 0 fully saturated rings. The van der Waals surface area contributed by atoms with Crippen molar-refractivity contribution >= 4 is 17.7 Å². The number of thioether (sulfide) groups is 1. The maximum atomic E-state index is 11.4. The van der Waals surface area contributed by atoms with E-state index in [4.69, 9.17) is 5.73 Å². The molecule has 0 aliphatic rings. The van der Waals surface area contributed by atoms with Gasteiger partial charge in [-0.3, -0.25) is 9.89 Å². The molecule has 2 aromatic rings. The number of nitrogens with zero attached hydrogens (tertiary/aromatic N) is 2. The maximum Gasteiger partial charge on any atom is 0.235 e. The fraction of sp³-hybridized carbons (Fsp3) is 0.182. The van der Waals surface area contributed by atoms with Crippen LogP contribution in [-0.2, 0) is 4.79 Å². The van der Waals surface area contributed by atoms with Crippen molar-refractivity contribution in [2.45, 2.75) is 17.3 Å². The predicted octanol–water partition coefficient (Wildman–Crippen LogP) is 1.43. The van der Waals surface area contributed by atoms with Crippen LogP contribution in [0.3, 0.4) is 0 Å². The molecule has 0 radical (unpaired) electrons. The second kappa shape index (κ2) is 5.01. The normalized spacial score (nSPS) is 12.3. The molecular weight excluding hydrogens is 236 g/mol. The van der Waals surface area contributed by atoms with Crippen LogP contribution in [0.15, 0.2) is 35.5 Å². The molecule has 1 heterocycles. The Balaban J connectivity index is 2.22. The molecule has 0 aliphatic carbocycles. The molecule has 1 atom stereocenters. The van der Waals surface area contributed by atoms with Gasteiger partial charge in [-0.1, -0.05) is 42.1 Å². The fourth-order valence-electron chi connectivity index (χ4n) is 1.40. The molecule has 1 aromatic carbocycles. The van der Waals surface area contributed by atoms with Crippen LogP contribution in [0.1, 0.15) is 16.6 Å². The first-order valence-electron chi connectivity index (χ1n) is 5.07. The zero-order chi connectivity index (χ0) is 12.3. The Morgan fingerprint density at radius 1 is 1.41 bits per heavy atom. The molecule has 3 N–H and O–H groups in total. The fourth-order valence-corrected chi connectivity index (χ4v) is 2.31. The predicted molar refractivity (Wildman–Crippen MR) is 65.4 cm³/mol. The number of aromatic amines is 1. The number of aromatic nitrogens is 3. The first kappa shape index (κ1) is 11.7. The number of H-pyrrole nitrogens is 1. The quantitative estimate of drug-likeness (QED) is 0.802. The van der Waals surface area contributed by atoms with Crippen molar-refractivity contribution in [3.8, 4) is 0 Å². The Morgan fingerprint density at radius 2 is 2.12 bits per heavy atom. The average molecular weight is 248 g/mol. The molecule has 1 amide bonds. The third-order valence-corrected chi connectivity index (χ3v) is 3.29. The molecule has 1 aromatic heterocycles. The Bertz CT molecular complexity index is 511. The van der Waals surface area contributed by atoms with E-state index in [9.17, 15) is 4.79 Å². The van der Waals surface area contributed by atoms with Crippen molar-refractivity contribution in [2.24, 2.45) is 5.73 Å². The number of hydrogen-bond acceptors (Lipinski definition) is 4. The van der Waals surface area contributed by atoms with Gasteiger partial charge >= 0.3 is 0 Å². The average Bonchev–Trinajstić information content (AvgIpc) is 2.73. The van der Waals surface area contributed by atoms with Crippen LogP contribution in [0.4, 0.5) is 0 Å². The lowest BCUT2D eigenvalue weighted by atomic mass is 10.1. The number of hydrogen-bond donors (Lipinski definition) is 2. The molecule has 0 aliphatic heterocycles. The van der Waals surface area contributed by atoms with Gasteiger partial charge in [-0.05, 0) is 12.5 Å². The van der Waals surface area contributed by atoms with Gasteiger partial charge in [-0.2, -0.15) is 0 Å². The molecule has 0 spiro atoms. The summed E-state index contributed by atoms with van der Waals surface area (Å²) in [6.07, 6.45) is 0. The third kappa shape index (κ3) is 2.85. The highest BCUT2D eigenvalue weighted by molar-refractivity contribution is 8.00. The van der Waals surface area contributed by atoms with E-state index < -0.39 is 11.2 Å². The van der Waals surface area contributed by atoms with Crippen LogP contribution in [-0.4, -0.2) is 21.1 Å². The third-order valence-electron chi connectivity index (χ3n) is 2.16. The largest absolute Gasteiger partial charge is 0.368 e. The summed E-state index contributed by atoms with van der Waals surface area (Å²) in [4.78, 5) is 15.6. The van der Waals surface area contributed by atoms with Gasteiger partial charge in [-0.15, -0.1) is 5.10 Å². The summed E-state index contributed by atoms with van der Waals surface area (Å²) in [6, 6.07) is 9.36. The molecule has 2 rings (SSSR count). The van der Waals surface area contributed by atoms with E-state index in [0.29, 0.717) is 11.0 Å². The number of carbonyl (C=O) groups excluding carboxylic acids is 1. The highest BCUT2D eigenvalue weighted by atomic mass is 32.2. The van der Waals surface area contributed by atoms with Gasteiger partial charge in [-0.25, -0.2) is 4.98 Å². The molecular formula is C11H12N4OS. The van der Waals surface area contributed by atoms with Gasteiger partial charge in [0.2, 0.25) is 11.1 Å². The number of nitrogens with one attached hydrogen (secondary N) is 1. The standard InChI is InChI=1S/C11H12N4OS/c1-7-13-11(15-14-7)17-9(10(12)16)8-5-3-2-4-6-8/h2-6,9H,1H3,(H2,12,16)(H,13,14,15). The minimum atomic E-state index is -0.466. The Kier molecular flexibility index (Phi) is 3.43. The monoisotopic (exact) mass is 248 g/mol. The van der Waals surface area contributed by atoms with E-state index in [2.05, 4.69) is 15.2 Å². The number of amides is 1. The summed E-state index contributed by atoms with van der Waals surface area (Å²) in [5, 5.41) is 6.77. The molecule has 88 valence electrons. The minimum absolute atomic E-state index is 0.399. The number of primary amides is 1. The maximum absolute atomic E-state index is 11.4. The summed E-state index contributed by atoms with van der Waals surface area (Å²) in [6.45, 7) is 1.80. The lowest BCUT2D eigenvalue weighted by Crippen LogP contribution is -2.19. The molecule has 0 bridgehead atoms. The highest BCUT2D eigenvalue weighted by Gasteiger charge is 2.20. The molecule has 0 saturated carbocycles. The van der Waals surface area contributed by atoms with Gasteiger partial charge in [0, 0.05) is 0 Å². The van der Waals surface area contributed by atoms with Crippen molar-refractivity contribution in [1.82, 2.24) is 15.2 Å². The van der Waals surface area contributed by atoms with Crippen molar-refractivity contribution in [1.29, 1.82) is 0 Å². The van der Waals surface area contributed by atoms with Crippen LogP contribution < -0.4 is 5.73 Å². The molecule has 0 saturated heterocycles. The number of benzene rings is 1. The van der Waals surface area contributed by atoms with E-state index in [-0.39, 0.29) is 0 Å². The zero-order valence-electron chi connectivity index (χ0n) is 9.25. The summed E-state index contributed by atoms with van der Waals surface area (Å²) in [7, 11) is 0. The van der Waals surface area contributed by atoms with E-state index in [1.807, 2.05) is 30.3 Å². The van der Waals surface area contributed by atoms with Gasteiger partial charge in [0.1, 0.15) is 11.1 Å². The molecule has 1 unspecified atom stereocenters. The van der Waals surface area contributed by atoms with Crippen LogP contribution >= 0.6 is 11.8 Å². The lowest BCUT2D eigenvalue weighted by molar-refractivity contribution is -0.117. The van der Waals surface area contributed by atoms with Crippen molar-refractivity contribution in [3.05, 3.63) is 41.7 Å². The first-order valence-corrected chi connectivity index (χ1v) is 5.94. The SMILES string of the molecule is Cc1nc(SC(C(N)=O)c2ccccc2)n[nH]1. The highest BCUT2D eigenvalue weighted by Crippen LogP contribution is 2.32. The molecule has 6 heteroatoms. The summed E-state index contributed by atoms with van der Waals surface area (Å²) in [5.74, 6) is 0.312. The van der Waals surface area contributed by atoms with Gasteiger partial charge < -0.3 is 5.73 Å². The second-order valence-electron chi connectivity index (χ2n) is 3.51. The topological polar surface area (TPSA) is 84.7 Å². The van der Waals surface area contributed by atoms with Crippen LogP contribution in [0.25, 0.3) is 0 Å². The number of rotatable bonds is 4. The van der Waals surface area contributed by atoms with E-state index >= 15 is 0 Å². The molecule has 5 nitrogen and oxygen atoms in total. The first-order chi connectivity index (χ1) is 8.16. The van der Waals surface area contributed by atoms with Crippen LogP contribution in [0.2, 0.25) is 0 Å². The van der Waals surface area contributed by atoms with Crippen LogP contribution in [0, 0.1) is 6.92 Å². The number of carbonyl (C=O) groups is 1. The Hall–Kier alpha value is -1.82. The van der Waals surface area contributed by atoms with E-state index in [1.165, 1.54) is 11.8 Å². The summed E-state index contributed by atoms with van der Waals surface area (Å²) >= 11 is 1.24. The smallest absolute Gasteiger partial charge is 0.235 e. The lowest BCUT2D eigenvalue weighted by Gasteiger charge is -2.10. The Labute approximate surface area is 103 Å². The van der Waals surface area contributed by atoms with E-state index in [1.54, 1.807) is 6.92 Å². The van der Waals surface area contributed by atoms with Crippen molar-refractivity contribution in [2.75, 3.05) is 0 Å². The van der Waals surface area contributed by atoms with Crippen molar-refractivity contribution in [3.63, 3.8) is 0 Å². The minimum Gasteiger partial charge on any atom is -0.368 e. The number of nitrogens with two attached hydrogens (primary N) is 1. The number of aryl methyl sites for hydroxylation is 1. The summed E-state index contributed by atoms with van der Waals surface area (Å²) in [5.41, 5.74) is 6.25. The summed E-state index contributed by atoms with van der Waals surface area (Å²) < 4.78 is 0. The Morgan fingerprint density at radius 3 is 2.65 bits per heavy atom. The zero-order valence-corrected chi connectivity index (χ0v) is 10.1. The van der Waals surface area contributed by atoms with Gasteiger partial charge in [0.15, 0.2) is 0 Å². The molecule has 17 heavy (non-hydrogen) atoms. The van der Waals surface area contributed by atoms with Crippen LogP contribution in [0.5, 0.6) is 0 Å². The van der Waals surface area contributed by atoms with Gasteiger partial charge in [0.05, 0.1) is 0 Å². The van der Waals surface area contributed by atoms with Crippen molar-refractivity contribution < 1.29 is 4.79 Å².